The summed E-state index contributed by atoms with van der Waals surface area (Å²) in [5.41, 5.74) is -1.16. The molecule has 1 aliphatic heterocycles. The van der Waals surface area contributed by atoms with Gasteiger partial charge in [-0.15, -0.1) is 6.58 Å². The summed E-state index contributed by atoms with van der Waals surface area (Å²) < 4.78 is 41.7. The van der Waals surface area contributed by atoms with Gasteiger partial charge < -0.3 is 10.3 Å². The number of anilines is 1. The van der Waals surface area contributed by atoms with Gasteiger partial charge in [0.05, 0.1) is 11.1 Å². The average molecular weight is 462 g/mol. The van der Waals surface area contributed by atoms with Gasteiger partial charge in [-0.2, -0.15) is 13.2 Å². The predicted octanol–water partition coefficient (Wildman–Crippen LogP) is 5.27. The molecule has 0 saturated heterocycles. The number of nitrogens with zero attached hydrogens (tertiary/aromatic N) is 1. The molecule has 0 saturated carbocycles. The lowest BCUT2D eigenvalue weighted by atomic mass is 9.69. The number of hydrogen-bond donors (Lipinski definition) is 2. The van der Waals surface area contributed by atoms with Gasteiger partial charge in [-0.3, -0.25) is 9.59 Å². The third-order valence-electron chi connectivity index (χ3n) is 5.62. The van der Waals surface area contributed by atoms with Crippen molar-refractivity contribution in [2.75, 3.05) is 11.1 Å². The van der Waals surface area contributed by atoms with E-state index in [4.69, 9.17) is 0 Å². The number of carbonyl (C=O) groups excluding carboxylic acids is 1. The lowest BCUT2D eigenvalue weighted by molar-refractivity contribution is -0.138. The molecule has 1 aliphatic carbocycles. The number of halogens is 3. The maximum atomic E-state index is 13.9. The molecule has 0 spiro atoms. The van der Waals surface area contributed by atoms with Crippen LogP contribution >= 0.6 is 11.8 Å². The monoisotopic (exact) mass is 461 g/mol. The number of Topliss-reactive ketones (excluding diaryl/α,β-unsaturated/α-hetero) is 1. The zero-order valence-corrected chi connectivity index (χ0v) is 18.4. The molecular formula is C23H22F3N3O2S. The number of allylic oxidation sites excluding steroid dienone is 2. The van der Waals surface area contributed by atoms with Crippen molar-refractivity contribution in [2.45, 2.75) is 43.9 Å². The smallest absolute Gasteiger partial charge is 0.343 e. The van der Waals surface area contributed by atoms with Crippen LogP contribution in [0.4, 0.5) is 19.0 Å². The highest BCUT2D eigenvalue weighted by Crippen LogP contribution is 2.49. The molecule has 1 atom stereocenters. The van der Waals surface area contributed by atoms with Gasteiger partial charge in [0.1, 0.15) is 5.82 Å². The number of benzene rings is 1. The van der Waals surface area contributed by atoms with Crippen molar-refractivity contribution >= 4 is 23.4 Å². The van der Waals surface area contributed by atoms with Crippen LogP contribution in [0.1, 0.15) is 49.3 Å². The zero-order chi connectivity index (χ0) is 23.3. The van der Waals surface area contributed by atoms with Crippen molar-refractivity contribution in [2.24, 2.45) is 5.41 Å². The summed E-state index contributed by atoms with van der Waals surface area (Å²) in [5, 5.41) is 3.44. The topological polar surface area (TPSA) is 74.8 Å². The molecule has 2 aliphatic rings. The molecule has 2 heterocycles. The first-order chi connectivity index (χ1) is 15.0. The van der Waals surface area contributed by atoms with Crippen LogP contribution in [0.3, 0.4) is 0 Å². The number of nitrogens with one attached hydrogen (secondary N) is 2. The fourth-order valence-electron chi connectivity index (χ4n) is 4.42. The van der Waals surface area contributed by atoms with E-state index in [2.05, 4.69) is 21.9 Å². The number of ketones is 1. The SMILES string of the molecule is C=CCSc1nc2c(c(=O)[nH]1)[C@@H](c1ccccc1C(F)(F)F)C1=C(CC(C)(C)CC1=O)N2. The van der Waals surface area contributed by atoms with E-state index >= 15 is 0 Å². The van der Waals surface area contributed by atoms with Crippen LogP contribution in [0.15, 0.2) is 58.1 Å². The summed E-state index contributed by atoms with van der Waals surface area (Å²) in [5.74, 6) is -0.730. The Bertz CT molecular complexity index is 1200. The van der Waals surface area contributed by atoms with E-state index in [0.717, 1.165) is 6.07 Å². The number of H-pyrrole nitrogens is 1. The molecule has 4 rings (SSSR count). The highest BCUT2D eigenvalue weighted by molar-refractivity contribution is 7.99. The summed E-state index contributed by atoms with van der Waals surface area (Å²) in [6.45, 7) is 7.50. The summed E-state index contributed by atoms with van der Waals surface area (Å²) in [4.78, 5) is 33.4. The fourth-order valence-corrected chi connectivity index (χ4v) is 5.01. The second kappa shape index (κ2) is 7.95. The minimum absolute atomic E-state index is 0.0245. The van der Waals surface area contributed by atoms with Crippen LogP contribution in [0.2, 0.25) is 0 Å². The van der Waals surface area contributed by atoms with Crippen LogP contribution < -0.4 is 10.9 Å². The molecule has 9 heteroatoms. The number of aromatic nitrogens is 2. The van der Waals surface area contributed by atoms with E-state index in [1.807, 2.05) is 13.8 Å². The first-order valence-corrected chi connectivity index (χ1v) is 11.1. The third kappa shape index (κ3) is 4.01. The lowest BCUT2D eigenvalue weighted by Crippen LogP contribution is -2.37. The van der Waals surface area contributed by atoms with Gasteiger partial charge in [-0.1, -0.05) is 49.9 Å². The molecule has 32 heavy (non-hydrogen) atoms. The number of fused-ring (bicyclic) bond motifs is 1. The van der Waals surface area contributed by atoms with Gasteiger partial charge in [0, 0.05) is 29.4 Å². The van der Waals surface area contributed by atoms with Crippen molar-refractivity contribution < 1.29 is 18.0 Å². The molecule has 0 bridgehead atoms. The predicted molar refractivity (Wildman–Crippen MR) is 118 cm³/mol. The highest BCUT2D eigenvalue weighted by atomic mass is 32.2. The third-order valence-corrected chi connectivity index (χ3v) is 6.48. The van der Waals surface area contributed by atoms with Crippen molar-refractivity contribution in [1.29, 1.82) is 0 Å². The van der Waals surface area contributed by atoms with E-state index < -0.39 is 23.2 Å². The van der Waals surface area contributed by atoms with E-state index in [1.165, 1.54) is 30.0 Å². The standard InChI is InChI=1S/C23H22F3N3O2S/c1-4-9-32-21-28-19-18(20(31)29-21)16(12-7-5-6-8-13(12)23(24,25)26)17-14(27-19)10-22(2,3)11-15(17)30/h4-8,16H,1,9-11H2,2-3H3,(H2,27,28,29,31)/t16-/m0/s1. The van der Waals surface area contributed by atoms with Gasteiger partial charge in [0.25, 0.3) is 5.56 Å². The van der Waals surface area contributed by atoms with E-state index in [0.29, 0.717) is 23.0 Å². The van der Waals surface area contributed by atoms with Gasteiger partial charge in [-0.25, -0.2) is 4.98 Å². The Morgan fingerprint density at radius 3 is 2.66 bits per heavy atom. The van der Waals surface area contributed by atoms with Crippen LogP contribution in [0.25, 0.3) is 0 Å². The van der Waals surface area contributed by atoms with Crippen LogP contribution in [-0.4, -0.2) is 21.5 Å². The van der Waals surface area contributed by atoms with Crippen molar-refractivity contribution in [3.63, 3.8) is 0 Å². The Morgan fingerprint density at radius 2 is 1.97 bits per heavy atom. The summed E-state index contributed by atoms with van der Waals surface area (Å²) in [6.07, 6.45) is -2.34. The second-order valence-corrected chi connectivity index (χ2v) is 9.72. The molecule has 168 valence electrons. The minimum atomic E-state index is -4.64. The van der Waals surface area contributed by atoms with Gasteiger partial charge in [-0.05, 0) is 23.5 Å². The quantitative estimate of drug-likeness (QED) is 0.369. The summed E-state index contributed by atoms with van der Waals surface area (Å²) in [6, 6.07) is 5.09. The van der Waals surface area contributed by atoms with E-state index in [1.54, 1.807) is 6.08 Å². The number of carbonyl (C=O) groups is 1. The minimum Gasteiger partial charge on any atom is -0.343 e. The van der Waals surface area contributed by atoms with Crippen molar-refractivity contribution in [3.05, 3.63) is 75.2 Å². The Labute approximate surface area is 187 Å². The summed E-state index contributed by atoms with van der Waals surface area (Å²) in [7, 11) is 0. The number of aromatic amines is 1. The van der Waals surface area contributed by atoms with Crippen LogP contribution in [0, 0.1) is 5.41 Å². The van der Waals surface area contributed by atoms with Crippen LogP contribution in [0.5, 0.6) is 0 Å². The number of thioether (sulfide) groups is 1. The Balaban J connectivity index is 1.99. The molecule has 1 aromatic heterocycles. The number of rotatable bonds is 4. The maximum absolute atomic E-state index is 13.9. The largest absolute Gasteiger partial charge is 0.416 e. The molecule has 0 amide bonds. The van der Waals surface area contributed by atoms with E-state index in [-0.39, 0.29) is 40.1 Å². The number of hydrogen-bond acceptors (Lipinski definition) is 5. The Hall–Kier alpha value is -2.81. The molecule has 0 radical (unpaired) electrons. The molecule has 0 fully saturated rings. The van der Waals surface area contributed by atoms with Crippen molar-refractivity contribution in [3.8, 4) is 0 Å². The van der Waals surface area contributed by atoms with Gasteiger partial charge >= 0.3 is 6.18 Å². The van der Waals surface area contributed by atoms with Gasteiger partial charge in [0.2, 0.25) is 0 Å². The van der Waals surface area contributed by atoms with E-state index in [9.17, 15) is 22.8 Å². The van der Waals surface area contributed by atoms with Crippen LogP contribution in [-0.2, 0) is 11.0 Å². The van der Waals surface area contributed by atoms with Crippen molar-refractivity contribution in [1.82, 2.24) is 9.97 Å². The molecule has 0 unspecified atom stereocenters. The normalized spacial score (nSPS) is 19.8. The molecule has 1 aromatic carbocycles. The molecular weight excluding hydrogens is 439 g/mol. The zero-order valence-electron chi connectivity index (χ0n) is 17.6. The molecule has 2 N–H and O–H groups in total. The highest BCUT2D eigenvalue weighted by Gasteiger charge is 2.45. The fraction of sp³-hybridized carbons (Fsp3) is 0.348. The molecule has 2 aromatic rings. The first-order valence-electron chi connectivity index (χ1n) is 10.1. The Kier molecular flexibility index (Phi) is 5.56. The molecule has 5 nitrogen and oxygen atoms in total. The maximum Gasteiger partial charge on any atom is 0.416 e. The Morgan fingerprint density at radius 1 is 1.25 bits per heavy atom. The summed E-state index contributed by atoms with van der Waals surface area (Å²) >= 11 is 1.25. The number of alkyl halides is 3. The first kappa shape index (κ1) is 22.4. The average Bonchev–Trinajstić information content (AvgIpc) is 2.69. The van der Waals surface area contributed by atoms with Gasteiger partial charge in [0.15, 0.2) is 10.9 Å². The second-order valence-electron chi connectivity index (χ2n) is 8.71. The lowest BCUT2D eigenvalue weighted by Gasteiger charge is -2.39.